The van der Waals surface area contributed by atoms with Gasteiger partial charge in [-0.3, -0.25) is 0 Å². The van der Waals surface area contributed by atoms with E-state index in [1.807, 2.05) is 24.3 Å². The molecule has 6 heteroatoms. The van der Waals surface area contributed by atoms with E-state index >= 15 is 0 Å². The van der Waals surface area contributed by atoms with E-state index in [1.165, 1.54) is 6.33 Å². The first-order valence-corrected chi connectivity index (χ1v) is 7.28. The highest BCUT2D eigenvalue weighted by atomic mass is 16.3. The van der Waals surface area contributed by atoms with Gasteiger partial charge in [-0.2, -0.15) is 0 Å². The van der Waals surface area contributed by atoms with Crippen LogP contribution in [0.2, 0.25) is 0 Å². The maximum Gasteiger partial charge on any atom is 0.146 e. The molecule has 0 radical (unpaired) electrons. The quantitative estimate of drug-likeness (QED) is 0.627. The molecule has 0 amide bonds. The average molecular weight is 295 g/mol. The molecule has 1 aliphatic carbocycles. The molecular formula is C16H17N5O. The van der Waals surface area contributed by atoms with Crippen LogP contribution < -0.4 is 11.5 Å². The van der Waals surface area contributed by atoms with Crippen molar-refractivity contribution < 1.29 is 5.11 Å². The van der Waals surface area contributed by atoms with Crippen molar-refractivity contribution >= 4 is 22.5 Å². The van der Waals surface area contributed by atoms with Crippen molar-refractivity contribution in [1.29, 1.82) is 0 Å². The predicted molar refractivity (Wildman–Crippen MR) is 86.1 cm³/mol. The first-order valence-electron chi connectivity index (χ1n) is 7.28. The summed E-state index contributed by atoms with van der Waals surface area (Å²) in [5.41, 5.74) is 15.4. The molecule has 2 heterocycles. The van der Waals surface area contributed by atoms with Crippen molar-refractivity contribution in [3.05, 3.63) is 36.8 Å². The highest BCUT2D eigenvalue weighted by molar-refractivity contribution is 6.00. The molecule has 0 aliphatic heterocycles. The largest absolute Gasteiger partial charge is 0.399 e. The van der Waals surface area contributed by atoms with Gasteiger partial charge in [-0.15, -0.1) is 0 Å². The lowest BCUT2D eigenvalue weighted by atomic mass is 9.89. The number of nitrogen functional groups attached to an aromatic ring is 2. The van der Waals surface area contributed by atoms with Crippen molar-refractivity contribution in [3.63, 3.8) is 0 Å². The van der Waals surface area contributed by atoms with Crippen molar-refractivity contribution in [3.8, 4) is 11.1 Å². The molecule has 6 nitrogen and oxygen atoms in total. The molecule has 0 bridgehead atoms. The number of aliphatic hydroxyl groups excluding tert-OH is 1. The minimum atomic E-state index is -0.221. The summed E-state index contributed by atoms with van der Waals surface area (Å²) >= 11 is 0. The van der Waals surface area contributed by atoms with Gasteiger partial charge < -0.3 is 21.1 Å². The smallest absolute Gasteiger partial charge is 0.146 e. The Bertz CT molecular complexity index is 834. The molecule has 4 rings (SSSR count). The van der Waals surface area contributed by atoms with Gasteiger partial charge in [0.25, 0.3) is 0 Å². The third kappa shape index (κ3) is 1.92. The van der Waals surface area contributed by atoms with Gasteiger partial charge in [-0.1, -0.05) is 12.1 Å². The topological polar surface area (TPSA) is 103 Å². The van der Waals surface area contributed by atoms with Gasteiger partial charge in [0.2, 0.25) is 0 Å². The van der Waals surface area contributed by atoms with Crippen LogP contribution in [-0.2, 0) is 0 Å². The molecule has 1 aromatic carbocycles. The van der Waals surface area contributed by atoms with Crippen LogP contribution in [0.25, 0.3) is 22.2 Å². The zero-order valence-electron chi connectivity index (χ0n) is 12.0. The Morgan fingerprint density at radius 3 is 2.50 bits per heavy atom. The predicted octanol–water partition coefficient (Wildman–Crippen LogP) is 1.96. The van der Waals surface area contributed by atoms with Crippen LogP contribution in [0, 0.1) is 0 Å². The molecular weight excluding hydrogens is 278 g/mol. The summed E-state index contributed by atoms with van der Waals surface area (Å²) in [6.07, 6.45) is 4.80. The van der Waals surface area contributed by atoms with Crippen LogP contribution >= 0.6 is 0 Å². The Labute approximate surface area is 127 Å². The van der Waals surface area contributed by atoms with E-state index < -0.39 is 0 Å². The molecule has 112 valence electrons. The molecule has 1 aliphatic rings. The van der Waals surface area contributed by atoms with Gasteiger partial charge in [0, 0.05) is 23.5 Å². The summed E-state index contributed by atoms with van der Waals surface area (Å²) in [5.74, 6) is 0.468. The highest BCUT2D eigenvalue weighted by Crippen LogP contribution is 2.39. The van der Waals surface area contributed by atoms with Crippen LogP contribution in [0.15, 0.2) is 36.8 Å². The number of rotatable bonds is 2. The summed E-state index contributed by atoms with van der Waals surface area (Å²) in [6.45, 7) is 0. The van der Waals surface area contributed by atoms with Crippen LogP contribution in [0.4, 0.5) is 11.5 Å². The van der Waals surface area contributed by atoms with Gasteiger partial charge >= 0.3 is 0 Å². The van der Waals surface area contributed by atoms with E-state index in [1.54, 1.807) is 0 Å². The zero-order chi connectivity index (χ0) is 15.3. The number of anilines is 2. The molecule has 2 aromatic heterocycles. The summed E-state index contributed by atoms with van der Waals surface area (Å²) < 4.78 is 2.10. The number of aromatic nitrogens is 3. The highest BCUT2D eigenvalue weighted by Gasteiger charge is 2.31. The molecule has 3 aromatic rings. The van der Waals surface area contributed by atoms with Crippen molar-refractivity contribution in [2.75, 3.05) is 11.5 Å². The van der Waals surface area contributed by atoms with E-state index in [-0.39, 0.29) is 12.1 Å². The normalized spacial score (nSPS) is 21.0. The van der Waals surface area contributed by atoms with Crippen molar-refractivity contribution in [2.24, 2.45) is 0 Å². The van der Waals surface area contributed by atoms with Crippen LogP contribution in [0.1, 0.15) is 18.9 Å². The molecule has 1 saturated carbocycles. The maximum absolute atomic E-state index is 9.58. The second-order valence-corrected chi connectivity index (χ2v) is 5.81. The molecule has 0 atom stereocenters. The SMILES string of the molecule is Nc1ccc(-c2cn(C3CC(O)C3)c3ncnc(N)c23)cc1. The van der Waals surface area contributed by atoms with Crippen LogP contribution in [0.3, 0.4) is 0 Å². The Morgan fingerprint density at radius 2 is 1.82 bits per heavy atom. The Hall–Kier alpha value is -2.60. The van der Waals surface area contributed by atoms with Gasteiger partial charge in [0.1, 0.15) is 17.8 Å². The van der Waals surface area contributed by atoms with Crippen LogP contribution in [-0.4, -0.2) is 25.7 Å². The summed E-state index contributed by atoms with van der Waals surface area (Å²) in [5, 5.41) is 10.4. The lowest BCUT2D eigenvalue weighted by Gasteiger charge is -2.32. The molecule has 0 unspecified atom stereocenters. The van der Waals surface area contributed by atoms with E-state index in [4.69, 9.17) is 11.5 Å². The molecule has 1 fully saturated rings. The number of benzene rings is 1. The fourth-order valence-corrected chi connectivity index (χ4v) is 3.05. The number of nitrogens with two attached hydrogens (primary N) is 2. The molecule has 5 N–H and O–H groups in total. The Kier molecular flexibility index (Phi) is 2.80. The van der Waals surface area contributed by atoms with E-state index in [9.17, 15) is 5.11 Å². The minimum absolute atomic E-state index is 0.221. The second-order valence-electron chi connectivity index (χ2n) is 5.81. The second kappa shape index (κ2) is 4.71. The number of nitrogens with zero attached hydrogens (tertiary/aromatic N) is 3. The fraction of sp³-hybridized carbons (Fsp3) is 0.250. The number of hydrogen-bond acceptors (Lipinski definition) is 5. The number of aliphatic hydroxyl groups is 1. The fourth-order valence-electron chi connectivity index (χ4n) is 3.05. The molecule has 0 saturated heterocycles. The van der Waals surface area contributed by atoms with Crippen LogP contribution in [0.5, 0.6) is 0 Å². The number of fused-ring (bicyclic) bond motifs is 1. The van der Waals surface area contributed by atoms with Gasteiger partial charge in [0.05, 0.1) is 11.5 Å². The number of hydrogen-bond donors (Lipinski definition) is 3. The third-order valence-electron chi connectivity index (χ3n) is 4.34. The summed E-state index contributed by atoms with van der Waals surface area (Å²) in [7, 11) is 0. The summed E-state index contributed by atoms with van der Waals surface area (Å²) in [6, 6.07) is 7.93. The first-order chi connectivity index (χ1) is 10.6. The average Bonchev–Trinajstić information content (AvgIpc) is 2.85. The zero-order valence-corrected chi connectivity index (χ0v) is 12.0. The van der Waals surface area contributed by atoms with Gasteiger partial charge in [-0.25, -0.2) is 9.97 Å². The standard InChI is InChI=1S/C16H17N5O/c17-10-3-1-9(2-4-10)13-7-21(11-5-12(22)6-11)16-14(13)15(18)19-8-20-16/h1-4,7-8,11-12,22H,5-6,17H2,(H2,18,19,20). The van der Waals surface area contributed by atoms with Crippen molar-refractivity contribution in [2.45, 2.75) is 25.0 Å². The van der Waals surface area contributed by atoms with Gasteiger partial charge in [0.15, 0.2) is 0 Å². The molecule has 22 heavy (non-hydrogen) atoms. The first kappa shape index (κ1) is 13.1. The monoisotopic (exact) mass is 295 g/mol. The third-order valence-corrected chi connectivity index (χ3v) is 4.34. The van der Waals surface area contributed by atoms with Crippen molar-refractivity contribution in [1.82, 2.24) is 14.5 Å². The maximum atomic E-state index is 9.58. The lowest BCUT2D eigenvalue weighted by molar-refractivity contribution is 0.0502. The minimum Gasteiger partial charge on any atom is -0.399 e. The Morgan fingerprint density at radius 1 is 1.09 bits per heavy atom. The van der Waals surface area contributed by atoms with E-state index in [0.717, 1.165) is 40.7 Å². The van der Waals surface area contributed by atoms with E-state index in [0.29, 0.717) is 5.82 Å². The summed E-state index contributed by atoms with van der Waals surface area (Å²) in [4.78, 5) is 8.52. The van der Waals surface area contributed by atoms with Gasteiger partial charge in [-0.05, 0) is 30.5 Å². The Balaban J connectivity index is 1.92. The van der Waals surface area contributed by atoms with E-state index in [2.05, 4.69) is 20.7 Å². The lowest BCUT2D eigenvalue weighted by Crippen LogP contribution is -2.30. The molecule has 0 spiro atoms.